The summed E-state index contributed by atoms with van der Waals surface area (Å²) >= 11 is 2.42. The number of hydrogen-bond acceptors (Lipinski definition) is 8. The normalized spacial score (nSPS) is 10.6. The average Bonchev–Trinajstić information content (AvgIpc) is 3.10. The molecule has 0 aliphatic rings. The molecule has 0 spiro atoms. The Balaban J connectivity index is 1.73. The van der Waals surface area contributed by atoms with E-state index in [4.69, 9.17) is 4.74 Å². The first-order chi connectivity index (χ1) is 14.2. The molecule has 0 bridgehead atoms. The Kier molecular flexibility index (Phi) is 6.53. The van der Waals surface area contributed by atoms with Gasteiger partial charge in [0.05, 0.1) is 20.9 Å². The molecule has 0 radical (unpaired) electrons. The van der Waals surface area contributed by atoms with Gasteiger partial charge in [-0.25, -0.2) is 18.6 Å². The molecule has 0 saturated carbocycles. The van der Waals surface area contributed by atoms with Crippen LogP contribution in [-0.2, 0) is 4.74 Å². The van der Waals surface area contributed by atoms with E-state index < -0.39 is 40.5 Å². The van der Waals surface area contributed by atoms with Gasteiger partial charge in [-0.3, -0.25) is 14.9 Å². The van der Waals surface area contributed by atoms with E-state index in [9.17, 15) is 28.5 Å². The largest absolute Gasteiger partial charge is 0.454 e. The van der Waals surface area contributed by atoms with Crippen molar-refractivity contribution in [2.24, 2.45) is 0 Å². The Morgan fingerprint density at radius 2 is 2.00 bits per heavy atom. The topological polar surface area (TPSA) is 99.4 Å². The van der Waals surface area contributed by atoms with Gasteiger partial charge in [0, 0.05) is 23.2 Å². The van der Waals surface area contributed by atoms with Gasteiger partial charge < -0.3 is 4.74 Å². The lowest BCUT2D eigenvalue weighted by atomic mass is 10.1. The Bertz CT molecular complexity index is 1150. The third kappa shape index (κ3) is 5.05. The minimum atomic E-state index is -1.08. The lowest BCUT2D eigenvalue weighted by Gasteiger charge is -2.07. The van der Waals surface area contributed by atoms with Crippen molar-refractivity contribution in [3.8, 4) is 0 Å². The van der Waals surface area contributed by atoms with Gasteiger partial charge in [-0.1, -0.05) is 11.8 Å². The SMILES string of the molecule is Cc1csc(Sc2ccc(C(=O)OCC(=O)c3ccc(F)cc3F)cc2[N+](=O)[O-])n1. The number of nitro groups is 1. The molecule has 11 heteroatoms. The van der Waals surface area contributed by atoms with E-state index in [1.807, 2.05) is 0 Å². The average molecular weight is 450 g/mol. The predicted octanol–water partition coefficient (Wildman–Crippen LogP) is 4.83. The second kappa shape index (κ2) is 9.09. The second-order valence-electron chi connectivity index (χ2n) is 5.92. The summed E-state index contributed by atoms with van der Waals surface area (Å²) in [7, 11) is 0. The number of aryl methyl sites for hydroxylation is 1. The fourth-order valence-corrected chi connectivity index (χ4v) is 4.23. The highest BCUT2D eigenvalue weighted by Crippen LogP contribution is 2.36. The summed E-state index contributed by atoms with van der Waals surface area (Å²) in [6, 6.07) is 6.13. The summed E-state index contributed by atoms with van der Waals surface area (Å²) in [5, 5.41) is 13.2. The number of esters is 1. The van der Waals surface area contributed by atoms with Crippen molar-refractivity contribution in [2.45, 2.75) is 16.2 Å². The zero-order valence-electron chi connectivity index (χ0n) is 15.3. The number of aromatic nitrogens is 1. The molecule has 0 N–H and O–H groups in total. The van der Waals surface area contributed by atoms with Crippen molar-refractivity contribution in [2.75, 3.05) is 6.61 Å². The van der Waals surface area contributed by atoms with E-state index >= 15 is 0 Å². The number of ketones is 1. The molecule has 154 valence electrons. The molecule has 0 aliphatic heterocycles. The van der Waals surface area contributed by atoms with Crippen molar-refractivity contribution in [1.29, 1.82) is 0 Å². The number of Topliss-reactive ketones (excluding diaryl/α,β-unsaturated/α-hetero) is 1. The van der Waals surface area contributed by atoms with E-state index in [1.165, 1.54) is 23.5 Å². The van der Waals surface area contributed by atoms with Crippen molar-refractivity contribution in [1.82, 2.24) is 4.98 Å². The van der Waals surface area contributed by atoms with Crippen molar-refractivity contribution in [3.63, 3.8) is 0 Å². The van der Waals surface area contributed by atoms with Gasteiger partial charge in [-0.05, 0) is 31.2 Å². The van der Waals surface area contributed by atoms with Crippen LogP contribution in [0.2, 0.25) is 0 Å². The molecule has 30 heavy (non-hydrogen) atoms. The van der Waals surface area contributed by atoms with Gasteiger partial charge in [-0.2, -0.15) is 0 Å². The molecule has 1 heterocycles. The van der Waals surface area contributed by atoms with Gasteiger partial charge in [-0.15, -0.1) is 11.3 Å². The summed E-state index contributed by atoms with van der Waals surface area (Å²) in [4.78, 5) is 39.5. The van der Waals surface area contributed by atoms with Gasteiger partial charge in [0.1, 0.15) is 11.6 Å². The van der Waals surface area contributed by atoms with Crippen LogP contribution in [0.3, 0.4) is 0 Å². The number of carbonyl (C=O) groups is 2. The van der Waals surface area contributed by atoms with Gasteiger partial charge in [0.2, 0.25) is 5.78 Å². The number of carbonyl (C=O) groups excluding carboxylic acids is 2. The quantitative estimate of drug-likeness (QED) is 0.220. The molecule has 2 aromatic carbocycles. The zero-order valence-corrected chi connectivity index (χ0v) is 16.9. The van der Waals surface area contributed by atoms with Gasteiger partial charge in [0.15, 0.2) is 10.9 Å². The maximum absolute atomic E-state index is 13.6. The van der Waals surface area contributed by atoms with Crippen LogP contribution >= 0.6 is 23.1 Å². The van der Waals surface area contributed by atoms with Crippen molar-refractivity contribution >= 4 is 40.5 Å². The summed E-state index contributed by atoms with van der Waals surface area (Å²) in [6.45, 7) is 0.997. The van der Waals surface area contributed by atoms with E-state index in [0.717, 1.165) is 35.7 Å². The molecule has 7 nitrogen and oxygen atoms in total. The third-order valence-electron chi connectivity index (χ3n) is 3.75. The number of benzene rings is 2. The smallest absolute Gasteiger partial charge is 0.338 e. The van der Waals surface area contributed by atoms with E-state index in [-0.39, 0.29) is 16.1 Å². The first-order valence-corrected chi connectivity index (χ1v) is 9.98. The lowest BCUT2D eigenvalue weighted by molar-refractivity contribution is -0.387. The first kappa shape index (κ1) is 21.5. The van der Waals surface area contributed by atoms with Crippen LogP contribution in [0.15, 0.2) is 51.0 Å². The van der Waals surface area contributed by atoms with E-state index in [2.05, 4.69) is 4.98 Å². The molecule has 0 unspecified atom stereocenters. The van der Waals surface area contributed by atoms with Crippen LogP contribution in [0.4, 0.5) is 14.5 Å². The summed E-state index contributed by atoms with van der Waals surface area (Å²) in [5.41, 5.74) is -0.111. The lowest BCUT2D eigenvalue weighted by Crippen LogP contribution is -2.15. The maximum atomic E-state index is 13.6. The number of ether oxygens (including phenoxy) is 1. The number of thiazole rings is 1. The Hall–Kier alpha value is -3.18. The number of halogens is 2. The van der Waals surface area contributed by atoms with Gasteiger partial charge in [0.25, 0.3) is 5.69 Å². The Morgan fingerprint density at radius 3 is 2.63 bits per heavy atom. The van der Waals surface area contributed by atoms with Crippen LogP contribution in [0.5, 0.6) is 0 Å². The fourth-order valence-electron chi connectivity index (χ4n) is 2.35. The summed E-state index contributed by atoms with van der Waals surface area (Å²) in [6.07, 6.45) is 0. The van der Waals surface area contributed by atoms with Crippen molar-refractivity contribution in [3.05, 3.63) is 80.3 Å². The Morgan fingerprint density at radius 1 is 1.23 bits per heavy atom. The van der Waals surface area contributed by atoms with Crippen LogP contribution in [-0.4, -0.2) is 28.3 Å². The minimum absolute atomic E-state index is 0.145. The number of hydrogen-bond donors (Lipinski definition) is 0. The number of nitro benzene ring substituents is 1. The molecule has 0 amide bonds. The first-order valence-electron chi connectivity index (χ1n) is 8.28. The molecule has 0 atom stereocenters. The molecular formula is C19H12F2N2O5S2. The van der Waals surface area contributed by atoms with E-state index in [0.29, 0.717) is 10.4 Å². The van der Waals surface area contributed by atoms with Crippen LogP contribution < -0.4 is 0 Å². The van der Waals surface area contributed by atoms with Crippen LogP contribution in [0.25, 0.3) is 0 Å². The molecule has 0 fully saturated rings. The highest BCUT2D eigenvalue weighted by Gasteiger charge is 2.21. The monoisotopic (exact) mass is 450 g/mol. The number of nitrogens with zero attached hydrogens (tertiary/aromatic N) is 2. The van der Waals surface area contributed by atoms with Crippen LogP contribution in [0, 0.1) is 28.7 Å². The number of rotatable bonds is 7. The fraction of sp³-hybridized carbons (Fsp3) is 0.105. The molecule has 3 aromatic rings. The molecule has 0 aliphatic carbocycles. The zero-order chi connectivity index (χ0) is 21.8. The van der Waals surface area contributed by atoms with Gasteiger partial charge >= 0.3 is 5.97 Å². The third-order valence-corrected chi connectivity index (χ3v) is 5.87. The summed E-state index contributed by atoms with van der Waals surface area (Å²) in [5.74, 6) is -3.79. The molecule has 1 aromatic heterocycles. The Labute approximate surface area is 176 Å². The maximum Gasteiger partial charge on any atom is 0.338 e. The van der Waals surface area contributed by atoms with Crippen LogP contribution in [0.1, 0.15) is 26.4 Å². The molecular weight excluding hydrogens is 438 g/mol. The van der Waals surface area contributed by atoms with Crippen molar-refractivity contribution < 1.29 is 28.0 Å². The highest BCUT2D eigenvalue weighted by molar-refractivity contribution is 8.01. The summed E-state index contributed by atoms with van der Waals surface area (Å²) < 4.78 is 32.0. The standard InChI is InChI=1S/C19H12F2N2O5S2/c1-10-9-29-19(22-10)30-17-5-2-11(6-15(17)23(26)27)18(25)28-8-16(24)13-4-3-12(20)7-14(13)21/h2-7,9H,8H2,1H3. The predicted molar refractivity (Wildman–Crippen MR) is 105 cm³/mol. The second-order valence-corrected chi connectivity index (χ2v) is 8.07. The molecule has 3 rings (SSSR count). The van der Waals surface area contributed by atoms with E-state index in [1.54, 1.807) is 12.3 Å². The minimum Gasteiger partial charge on any atom is -0.454 e. The molecule has 0 saturated heterocycles. The highest BCUT2D eigenvalue weighted by atomic mass is 32.2.